The van der Waals surface area contributed by atoms with Crippen molar-refractivity contribution in [3.8, 4) is 11.3 Å². The fourth-order valence-electron chi connectivity index (χ4n) is 3.91. The molecule has 142 valence electrons. The van der Waals surface area contributed by atoms with Crippen LogP contribution in [0, 0.1) is 0 Å². The quantitative estimate of drug-likeness (QED) is 0.699. The maximum atomic E-state index is 12.4. The van der Waals surface area contributed by atoms with Gasteiger partial charge in [0.2, 0.25) is 0 Å². The lowest BCUT2D eigenvalue weighted by atomic mass is 9.99. The van der Waals surface area contributed by atoms with E-state index in [4.69, 9.17) is 9.72 Å². The fourth-order valence-corrected chi connectivity index (χ4v) is 3.91. The van der Waals surface area contributed by atoms with Crippen molar-refractivity contribution in [2.45, 2.75) is 18.9 Å². The largest absolute Gasteiger partial charge is 0.478 e. The number of hydrogen-bond donors (Lipinski definition) is 1. The van der Waals surface area contributed by atoms with E-state index in [0.29, 0.717) is 35.2 Å². The summed E-state index contributed by atoms with van der Waals surface area (Å²) in [6.07, 6.45) is 1.40. The van der Waals surface area contributed by atoms with Crippen molar-refractivity contribution in [2.24, 2.45) is 0 Å². The van der Waals surface area contributed by atoms with E-state index in [1.54, 1.807) is 18.2 Å². The maximum absolute atomic E-state index is 12.4. The Labute approximate surface area is 162 Å². The van der Waals surface area contributed by atoms with Gasteiger partial charge in [-0.3, -0.25) is 0 Å². The summed E-state index contributed by atoms with van der Waals surface area (Å²) in [4.78, 5) is 31.3. The number of carbonyl (C=O) groups is 2. The summed E-state index contributed by atoms with van der Waals surface area (Å²) < 4.78 is 4.97. The van der Waals surface area contributed by atoms with Crippen LogP contribution in [0.3, 0.4) is 0 Å². The predicted octanol–water partition coefficient (Wildman–Crippen LogP) is 3.74. The first-order valence-corrected chi connectivity index (χ1v) is 9.17. The monoisotopic (exact) mass is 376 g/mol. The Balaban J connectivity index is 2.06. The number of fused-ring (bicyclic) bond motifs is 1. The molecule has 1 N–H and O–H groups in total. The van der Waals surface area contributed by atoms with E-state index in [0.717, 1.165) is 12.0 Å². The van der Waals surface area contributed by atoms with Crippen molar-refractivity contribution in [2.75, 3.05) is 18.6 Å². The molecule has 2 aromatic carbocycles. The number of carboxylic acid groups (broad SMARTS) is 1. The number of ether oxygens (including phenoxy) is 1. The molecule has 3 aromatic rings. The first-order chi connectivity index (χ1) is 13.6. The van der Waals surface area contributed by atoms with E-state index in [1.165, 1.54) is 7.11 Å². The number of para-hydroxylation sites is 1. The smallest absolute Gasteiger partial charge is 0.338 e. The number of carboxylic acids is 1. The molecule has 0 radical (unpaired) electrons. The van der Waals surface area contributed by atoms with Crippen LogP contribution in [0.15, 0.2) is 54.6 Å². The number of anilines is 1. The molecule has 1 fully saturated rings. The fraction of sp³-hybridized carbons (Fsp3) is 0.227. The first-order valence-electron chi connectivity index (χ1n) is 9.17. The van der Waals surface area contributed by atoms with Crippen molar-refractivity contribution in [1.29, 1.82) is 0 Å². The summed E-state index contributed by atoms with van der Waals surface area (Å²) in [5.41, 5.74) is 2.62. The lowest BCUT2D eigenvalue weighted by Gasteiger charge is -2.29. The zero-order chi connectivity index (χ0) is 19.7. The van der Waals surface area contributed by atoms with Gasteiger partial charge < -0.3 is 14.7 Å². The lowest BCUT2D eigenvalue weighted by Crippen LogP contribution is -2.38. The number of nitrogens with zero attached hydrogens (tertiary/aromatic N) is 2. The highest BCUT2D eigenvalue weighted by molar-refractivity contribution is 6.11. The summed E-state index contributed by atoms with van der Waals surface area (Å²) in [6, 6.07) is 16.1. The molecule has 2 heterocycles. The average Bonchev–Trinajstić information content (AvgIpc) is 3.21. The average molecular weight is 376 g/mol. The molecule has 0 aliphatic carbocycles. The molecule has 0 spiro atoms. The summed E-state index contributed by atoms with van der Waals surface area (Å²) in [7, 11) is 1.35. The Morgan fingerprint density at radius 1 is 1.11 bits per heavy atom. The lowest BCUT2D eigenvalue weighted by molar-refractivity contribution is -0.141. The van der Waals surface area contributed by atoms with Crippen LogP contribution in [0.4, 0.5) is 5.69 Å². The zero-order valence-corrected chi connectivity index (χ0v) is 15.5. The van der Waals surface area contributed by atoms with Crippen molar-refractivity contribution < 1.29 is 19.4 Å². The van der Waals surface area contributed by atoms with Gasteiger partial charge in [0.05, 0.1) is 29.6 Å². The molecule has 1 aromatic heterocycles. The molecular weight excluding hydrogens is 356 g/mol. The number of carbonyl (C=O) groups excluding carboxylic acids is 1. The van der Waals surface area contributed by atoms with E-state index < -0.39 is 12.0 Å². The third-order valence-electron chi connectivity index (χ3n) is 5.14. The van der Waals surface area contributed by atoms with Crippen molar-refractivity contribution in [3.63, 3.8) is 0 Å². The molecular formula is C22H20N2O4. The molecule has 4 rings (SSSR count). The molecule has 0 saturated carbocycles. The minimum absolute atomic E-state index is 0.167. The van der Waals surface area contributed by atoms with Gasteiger partial charge in [0.25, 0.3) is 0 Å². The van der Waals surface area contributed by atoms with Crippen LogP contribution in [-0.4, -0.2) is 41.7 Å². The Kier molecular flexibility index (Phi) is 4.69. The highest BCUT2D eigenvalue weighted by Crippen LogP contribution is 2.40. The van der Waals surface area contributed by atoms with Gasteiger partial charge >= 0.3 is 11.9 Å². The number of aromatic nitrogens is 1. The Hall–Kier alpha value is -3.41. The normalized spacial score (nSPS) is 16.3. The number of methoxy groups -OCH3 is 1. The number of rotatable bonds is 4. The van der Waals surface area contributed by atoms with Crippen LogP contribution in [-0.2, 0) is 9.53 Å². The van der Waals surface area contributed by atoms with Gasteiger partial charge in [0.15, 0.2) is 0 Å². The topological polar surface area (TPSA) is 79.7 Å². The van der Waals surface area contributed by atoms with E-state index in [9.17, 15) is 14.7 Å². The predicted molar refractivity (Wildman–Crippen MR) is 107 cm³/mol. The van der Waals surface area contributed by atoms with E-state index in [1.807, 2.05) is 41.3 Å². The van der Waals surface area contributed by atoms with Crippen LogP contribution in [0.5, 0.6) is 0 Å². The van der Waals surface area contributed by atoms with Crippen LogP contribution >= 0.6 is 0 Å². The minimum Gasteiger partial charge on any atom is -0.478 e. The van der Waals surface area contributed by atoms with Crippen molar-refractivity contribution >= 4 is 28.5 Å². The van der Waals surface area contributed by atoms with Gasteiger partial charge in [0, 0.05) is 17.5 Å². The van der Waals surface area contributed by atoms with Gasteiger partial charge in [-0.1, -0.05) is 48.5 Å². The molecule has 1 aliphatic rings. The number of benzene rings is 2. The van der Waals surface area contributed by atoms with Crippen LogP contribution in [0.25, 0.3) is 22.2 Å². The number of esters is 1. The highest BCUT2D eigenvalue weighted by Gasteiger charge is 2.36. The zero-order valence-electron chi connectivity index (χ0n) is 15.5. The van der Waals surface area contributed by atoms with E-state index >= 15 is 0 Å². The standard InChI is InChI=1S/C22H20N2O4/c1-28-22(27)17-12-7-13-24(17)20-18(21(25)26)15-10-5-6-11-16(15)23-19(20)14-8-3-2-4-9-14/h2-6,8-11,17H,7,12-13H2,1H3,(H,25,26). The Morgan fingerprint density at radius 3 is 2.54 bits per heavy atom. The molecule has 1 saturated heterocycles. The van der Waals surface area contributed by atoms with E-state index in [2.05, 4.69) is 0 Å². The summed E-state index contributed by atoms with van der Waals surface area (Å²) >= 11 is 0. The third kappa shape index (κ3) is 2.97. The van der Waals surface area contributed by atoms with Crippen molar-refractivity contribution in [3.05, 3.63) is 60.2 Å². The Morgan fingerprint density at radius 2 is 1.82 bits per heavy atom. The molecule has 1 atom stereocenters. The molecule has 28 heavy (non-hydrogen) atoms. The molecule has 6 heteroatoms. The van der Waals surface area contributed by atoms with Gasteiger partial charge in [-0.05, 0) is 18.9 Å². The van der Waals surface area contributed by atoms with Crippen LogP contribution in [0.2, 0.25) is 0 Å². The second-order valence-electron chi connectivity index (χ2n) is 6.75. The Bertz CT molecular complexity index is 1050. The van der Waals surface area contributed by atoms with Gasteiger partial charge in [-0.25, -0.2) is 14.6 Å². The summed E-state index contributed by atoms with van der Waals surface area (Å²) in [5, 5.41) is 10.7. The number of hydrogen-bond acceptors (Lipinski definition) is 5. The second-order valence-corrected chi connectivity index (χ2v) is 6.75. The van der Waals surface area contributed by atoms with Crippen LogP contribution < -0.4 is 4.90 Å². The first kappa shape index (κ1) is 18.0. The van der Waals surface area contributed by atoms with Gasteiger partial charge in [0.1, 0.15) is 6.04 Å². The molecule has 1 unspecified atom stereocenters. The second kappa shape index (κ2) is 7.31. The molecule has 1 aliphatic heterocycles. The molecule has 0 bridgehead atoms. The summed E-state index contributed by atoms with van der Waals surface area (Å²) in [6.45, 7) is 0.569. The van der Waals surface area contributed by atoms with Crippen molar-refractivity contribution in [1.82, 2.24) is 4.98 Å². The summed E-state index contributed by atoms with van der Waals surface area (Å²) in [5.74, 6) is -1.40. The highest BCUT2D eigenvalue weighted by atomic mass is 16.5. The van der Waals surface area contributed by atoms with Gasteiger partial charge in [-0.2, -0.15) is 0 Å². The number of aromatic carboxylic acids is 1. The van der Waals surface area contributed by atoms with Gasteiger partial charge in [-0.15, -0.1) is 0 Å². The van der Waals surface area contributed by atoms with Crippen LogP contribution in [0.1, 0.15) is 23.2 Å². The number of pyridine rings is 1. The molecule has 0 amide bonds. The SMILES string of the molecule is COC(=O)C1CCCN1c1c(-c2ccccc2)nc2ccccc2c1C(=O)O. The minimum atomic E-state index is -1.04. The van der Waals surface area contributed by atoms with E-state index in [-0.39, 0.29) is 11.5 Å². The molecule has 6 nitrogen and oxygen atoms in total. The third-order valence-corrected chi connectivity index (χ3v) is 5.14. The maximum Gasteiger partial charge on any atom is 0.338 e.